The summed E-state index contributed by atoms with van der Waals surface area (Å²) in [6.45, 7) is -0.213. The molecule has 2 aromatic heterocycles. The van der Waals surface area contributed by atoms with Crippen molar-refractivity contribution in [3.8, 4) is 11.3 Å². The van der Waals surface area contributed by atoms with Crippen molar-refractivity contribution in [2.75, 3.05) is 7.11 Å². The number of rotatable bonds is 5. The van der Waals surface area contributed by atoms with E-state index in [0.717, 1.165) is 30.2 Å². The van der Waals surface area contributed by atoms with Gasteiger partial charge >= 0.3 is 5.97 Å². The molecule has 210 valence electrons. The van der Waals surface area contributed by atoms with E-state index < -0.39 is 11.5 Å². The fourth-order valence-electron chi connectivity index (χ4n) is 8.67. The number of esters is 1. The van der Waals surface area contributed by atoms with Crippen LogP contribution in [0.4, 0.5) is 0 Å². The molecule has 7 rings (SSSR count). The lowest BCUT2D eigenvalue weighted by Gasteiger charge is -2.49. The van der Waals surface area contributed by atoms with Crippen LogP contribution >= 0.6 is 0 Å². The van der Waals surface area contributed by atoms with E-state index in [9.17, 15) is 14.4 Å². The molecular weight excluding hydrogens is 504 g/mol. The van der Waals surface area contributed by atoms with Gasteiger partial charge in [-0.25, -0.2) is 4.98 Å². The van der Waals surface area contributed by atoms with E-state index in [1.165, 1.54) is 69.2 Å². The summed E-state index contributed by atoms with van der Waals surface area (Å²) in [6.07, 6.45) is 14.2. The Morgan fingerprint density at radius 3 is 2.30 bits per heavy atom. The van der Waals surface area contributed by atoms with Gasteiger partial charge in [-0.2, -0.15) is 0 Å². The molecule has 2 saturated carbocycles. The summed E-state index contributed by atoms with van der Waals surface area (Å²) in [6, 6.07) is 12.8. The van der Waals surface area contributed by atoms with Gasteiger partial charge in [0.25, 0.3) is 11.1 Å². The third-order valence-corrected chi connectivity index (χ3v) is 10.3. The van der Waals surface area contributed by atoms with E-state index >= 15 is 0 Å². The van der Waals surface area contributed by atoms with Crippen molar-refractivity contribution < 1.29 is 9.53 Å². The summed E-state index contributed by atoms with van der Waals surface area (Å²) in [5.41, 5.74) is 1.25. The highest BCUT2D eigenvalue weighted by molar-refractivity contribution is 5.78. The summed E-state index contributed by atoms with van der Waals surface area (Å²) in [7, 11) is 1.29. The smallest absolute Gasteiger partial charge is 0.325 e. The standard InChI is InChI=1S/C32H38N4O4/c1-40-29(37)19-34-13-5-8-26(31(34)38)30-32(39)36(28-10-3-2-9-27(28)33-30)25-17-22-11-12-23(18-25)35(22)24-15-20-6-4-7-21(14-20)16-24/h2-3,5,8-10,13,20-25H,4,6-7,11-12,14-19H2,1H3. The Morgan fingerprint density at radius 1 is 0.850 bits per heavy atom. The van der Waals surface area contributed by atoms with Crippen molar-refractivity contribution in [2.45, 2.75) is 94.9 Å². The molecule has 2 aliphatic carbocycles. The van der Waals surface area contributed by atoms with Gasteiger partial charge in [0.05, 0.1) is 23.7 Å². The minimum atomic E-state index is -0.521. The molecule has 8 heteroatoms. The topological polar surface area (TPSA) is 86.4 Å². The molecule has 40 heavy (non-hydrogen) atoms. The zero-order valence-electron chi connectivity index (χ0n) is 23.2. The molecular formula is C32H38N4O4. The molecule has 1 aromatic carbocycles. The van der Waals surface area contributed by atoms with Gasteiger partial charge in [-0.1, -0.05) is 31.4 Å². The van der Waals surface area contributed by atoms with Crippen molar-refractivity contribution in [1.29, 1.82) is 0 Å². The molecule has 4 fully saturated rings. The summed E-state index contributed by atoms with van der Waals surface area (Å²) in [5, 5.41) is 0. The minimum Gasteiger partial charge on any atom is -0.468 e. The highest BCUT2D eigenvalue weighted by atomic mass is 16.5. The van der Waals surface area contributed by atoms with Crippen LogP contribution in [0.25, 0.3) is 22.3 Å². The van der Waals surface area contributed by atoms with Gasteiger partial charge in [0.15, 0.2) is 0 Å². The van der Waals surface area contributed by atoms with E-state index in [2.05, 4.69) is 4.90 Å². The van der Waals surface area contributed by atoms with Crippen LogP contribution in [-0.4, -0.2) is 50.2 Å². The largest absolute Gasteiger partial charge is 0.468 e. The Labute approximate surface area is 234 Å². The Hall–Kier alpha value is -3.26. The zero-order valence-corrected chi connectivity index (χ0v) is 23.2. The predicted molar refractivity (Wildman–Crippen MR) is 153 cm³/mol. The molecule has 0 spiro atoms. The molecule has 0 amide bonds. The van der Waals surface area contributed by atoms with Gasteiger partial charge in [-0.3, -0.25) is 19.3 Å². The molecule has 0 radical (unpaired) electrons. The molecule has 4 aliphatic rings. The van der Waals surface area contributed by atoms with Crippen LogP contribution in [0.15, 0.2) is 52.2 Å². The molecule has 4 bridgehead atoms. The summed E-state index contributed by atoms with van der Waals surface area (Å²) in [5.74, 6) is 1.28. The first-order valence-electron chi connectivity index (χ1n) is 15.1. The second kappa shape index (κ2) is 10.3. The number of benzene rings is 1. The first-order chi connectivity index (χ1) is 19.5. The lowest BCUT2D eigenvalue weighted by Crippen LogP contribution is -2.52. The molecule has 2 aliphatic heterocycles. The van der Waals surface area contributed by atoms with E-state index in [4.69, 9.17) is 9.72 Å². The number of carbonyl (C=O) groups is 1. The number of pyridine rings is 1. The van der Waals surface area contributed by atoms with Crippen molar-refractivity contribution in [3.05, 3.63) is 63.3 Å². The van der Waals surface area contributed by atoms with Gasteiger partial charge in [-0.15, -0.1) is 0 Å². The van der Waals surface area contributed by atoms with Crippen LogP contribution in [0.3, 0.4) is 0 Å². The van der Waals surface area contributed by atoms with Gasteiger partial charge < -0.3 is 13.9 Å². The maximum Gasteiger partial charge on any atom is 0.325 e. The molecule has 2 saturated heterocycles. The summed E-state index contributed by atoms with van der Waals surface area (Å²) < 4.78 is 7.97. The maximum atomic E-state index is 14.2. The number of ether oxygens (including phenoxy) is 1. The van der Waals surface area contributed by atoms with Gasteiger partial charge in [0.1, 0.15) is 12.2 Å². The monoisotopic (exact) mass is 542 g/mol. The van der Waals surface area contributed by atoms with Crippen LogP contribution in [0, 0.1) is 11.8 Å². The lowest BCUT2D eigenvalue weighted by atomic mass is 9.69. The number of aromatic nitrogens is 3. The van der Waals surface area contributed by atoms with Crippen LogP contribution in [0.5, 0.6) is 0 Å². The highest BCUT2D eigenvalue weighted by Gasteiger charge is 2.47. The zero-order chi connectivity index (χ0) is 27.4. The summed E-state index contributed by atoms with van der Waals surface area (Å²) in [4.78, 5) is 47.1. The average Bonchev–Trinajstić information content (AvgIpc) is 3.23. The normalized spacial score (nSPS) is 29.9. The lowest BCUT2D eigenvalue weighted by molar-refractivity contribution is -0.141. The van der Waals surface area contributed by atoms with Crippen LogP contribution in [0.2, 0.25) is 0 Å². The van der Waals surface area contributed by atoms with Gasteiger partial charge in [-0.05, 0) is 81.0 Å². The number of piperidine rings is 1. The average molecular weight is 543 g/mol. The van der Waals surface area contributed by atoms with E-state index in [-0.39, 0.29) is 29.4 Å². The molecule has 3 aromatic rings. The Bertz CT molecular complexity index is 1530. The molecule has 4 unspecified atom stereocenters. The number of para-hydroxylation sites is 2. The van der Waals surface area contributed by atoms with E-state index in [0.29, 0.717) is 23.6 Å². The highest BCUT2D eigenvalue weighted by Crippen LogP contribution is 2.48. The van der Waals surface area contributed by atoms with E-state index in [1.807, 2.05) is 28.8 Å². The van der Waals surface area contributed by atoms with Crippen LogP contribution in [-0.2, 0) is 16.1 Å². The number of nitrogens with zero attached hydrogens (tertiary/aromatic N) is 4. The fraction of sp³-hybridized carbons (Fsp3) is 0.562. The van der Waals surface area contributed by atoms with Crippen LogP contribution in [0.1, 0.15) is 70.3 Å². The minimum absolute atomic E-state index is 0.0667. The number of fused-ring (bicyclic) bond motifs is 5. The third-order valence-electron chi connectivity index (χ3n) is 10.3. The number of hydrogen-bond acceptors (Lipinski definition) is 6. The van der Waals surface area contributed by atoms with Crippen molar-refractivity contribution in [3.63, 3.8) is 0 Å². The quantitative estimate of drug-likeness (QED) is 0.440. The van der Waals surface area contributed by atoms with Crippen molar-refractivity contribution >= 4 is 17.0 Å². The van der Waals surface area contributed by atoms with Crippen LogP contribution < -0.4 is 11.1 Å². The number of methoxy groups -OCH3 is 1. The third kappa shape index (κ3) is 4.41. The Kier molecular flexibility index (Phi) is 6.61. The van der Waals surface area contributed by atoms with Crippen molar-refractivity contribution in [1.82, 2.24) is 19.0 Å². The first kappa shape index (κ1) is 25.7. The summed E-state index contributed by atoms with van der Waals surface area (Å²) >= 11 is 0. The van der Waals surface area contributed by atoms with Gasteiger partial charge in [0.2, 0.25) is 0 Å². The van der Waals surface area contributed by atoms with Gasteiger partial charge in [0, 0.05) is 30.4 Å². The number of carbonyl (C=O) groups excluding carboxylic acids is 1. The number of hydrogen-bond donors (Lipinski definition) is 0. The predicted octanol–water partition coefficient (Wildman–Crippen LogP) is 4.53. The fourth-order valence-corrected chi connectivity index (χ4v) is 8.67. The molecule has 4 heterocycles. The molecule has 4 atom stereocenters. The SMILES string of the molecule is COC(=O)Cn1cccc(-c2nc3ccccc3n(C3CC4CCC(C3)N4C3CC4CCCC(C4)C3)c2=O)c1=O. The second-order valence-corrected chi connectivity index (χ2v) is 12.5. The Balaban J connectivity index is 1.25. The van der Waals surface area contributed by atoms with E-state index in [1.54, 1.807) is 12.1 Å². The first-order valence-corrected chi connectivity index (χ1v) is 15.1. The molecule has 8 nitrogen and oxygen atoms in total. The maximum absolute atomic E-state index is 14.2. The molecule has 0 N–H and O–H groups in total. The van der Waals surface area contributed by atoms with Crippen molar-refractivity contribution in [2.24, 2.45) is 11.8 Å². The second-order valence-electron chi connectivity index (χ2n) is 12.5. The Morgan fingerprint density at radius 2 is 1.57 bits per heavy atom.